The van der Waals surface area contributed by atoms with Gasteiger partial charge in [0.1, 0.15) is 0 Å². The average molecular weight is 338 g/mol. The summed E-state index contributed by atoms with van der Waals surface area (Å²) in [6.45, 7) is 7.92. The largest absolute Gasteiger partial charge is 0.340 e. The molecule has 1 amide bonds. The number of anilines is 2. The molecule has 1 unspecified atom stereocenters. The SMILES string of the molecule is Cc1cccc(C(C)C)c1NC(=O)C1CCCN(c2ncccn2)C1. The van der Waals surface area contributed by atoms with Crippen molar-refractivity contribution in [2.75, 3.05) is 23.3 Å². The van der Waals surface area contributed by atoms with Crippen molar-refractivity contribution < 1.29 is 4.79 Å². The number of amides is 1. The van der Waals surface area contributed by atoms with Crippen LogP contribution in [0.1, 0.15) is 43.7 Å². The van der Waals surface area contributed by atoms with Gasteiger partial charge in [-0.15, -0.1) is 0 Å². The maximum atomic E-state index is 12.9. The highest BCUT2D eigenvalue weighted by atomic mass is 16.1. The molecular weight excluding hydrogens is 312 g/mol. The van der Waals surface area contributed by atoms with Crippen molar-refractivity contribution in [2.45, 2.75) is 39.5 Å². The molecule has 0 aliphatic carbocycles. The molecule has 2 aromatic rings. The molecule has 0 radical (unpaired) electrons. The highest BCUT2D eigenvalue weighted by Crippen LogP contribution is 2.29. The van der Waals surface area contributed by atoms with E-state index in [0.717, 1.165) is 30.6 Å². The average Bonchev–Trinajstić information content (AvgIpc) is 2.64. The number of hydrogen-bond acceptors (Lipinski definition) is 4. The van der Waals surface area contributed by atoms with Gasteiger partial charge in [-0.1, -0.05) is 32.0 Å². The van der Waals surface area contributed by atoms with Gasteiger partial charge in [-0.25, -0.2) is 9.97 Å². The Morgan fingerprint density at radius 1 is 1.24 bits per heavy atom. The molecule has 2 heterocycles. The topological polar surface area (TPSA) is 58.1 Å². The number of carbonyl (C=O) groups is 1. The van der Waals surface area contributed by atoms with Gasteiger partial charge in [-0.2, -0.15) is 0 Å². The molecule has 0 saturated carbocycles. The highest BCUT2D eigenvalue weighted by Gasteiger charge is 2.27. The molecule has 1 atom stereocenters. The summed E-state index contributed by atoms with van der Waals surface area (Å²) in [4.78, 5) is 23.6. The van der Waals surface area contributed by atoms with Crippen molar-refractivity contribution in [1.82, 2.24) is 9.97 Å². The first-order valence-electron chi connectivity index (χ1n) is 8.98. The highest BCUT2D eigenvalue weighted by molar-refractivity contribution is 5.94. The smallest absolute Gasteiger partial charge is 0.229 e. The van der Waals surface area contributed by atoms with Crippen LogP contribution in [0, 0.1) is 12.8 Å². The molecule has 3 rings (SSSR count). The van der Waals surface area contributed by atoms with Crippen LogP contribution in [0.2, 0.25) is 0 Å². The van der Waals surface area contributed by atoms with Gasteiger partial charge < -0.3 is 10.2 Å². The van der Waals surface area contributed by atoms with Crippen LogP contribution in [-0.4, -0.2) is 29.0 Å². The molecule has 5 heteroatoms. The van der Waals surface area contributed by atoms with E-state index in [1.807, 2.05) is 19.1 Å². The molecular formula is C20H26N4O. The first-order valence-corrected chi connectivity index (χ1v) is 8.98. The van der Waals surface area contributed by atoms with Crippen LogP contribution in [0.4, 0.5) is 11.6 Å². The minimum atomic E-state index is -0.0443. The zero-order valence-corrected chi connectivity index (χ0v) is 15.2. The predicted octanol–water partition coefficient (Wildman–Crippen LogP) is 3.76. The molecule has 0 spiro atoms. The molecule has 5 nitrogen and oxygen atoms in total. The molecule has 132 valence electrons. The molecule has 1 aromatic heterocycles. The molecule has 1 aromatic carbocycles. The third-order valence-electron chi connectivity index (χ3n) is 4.80. The quantitative estimate of drug-likeness (QED) is 0.922. The van der Waals surface area contributed by atoms with Crippen LogP contribution in [-0.2, 0) is 4.79 Å². The number of benzene rings is 1. The normalized spacial score (nSPS) is 17.6. The van der Waals surface area contributed by atoms with Gasteiger partial charge in [0, 0.05) is 31.2 Å². The lowest BCUT2D eigenvalue weighted by molar-refractivity contribution is -0.120. The number of aromatic nitrogens is 2. The van der Waals surface area contributed by atoms with Crippen LogP contribution in [0.15, 0.2) is 36.7 Å². The number of piperidine rings is 1. The maximum absolute atomic E-state index is 12.9. The van der Waals surface area contributed by atoms with Crippen molar-refractivity contribution in [1.29, 1.82) is 0 Å². The molecule has 1 N–H and O–H groups in total. The van der Waals surface area contributed by atoms with E-state index in [-0.39, 0.29) is 11.8 Å². The summed E-state index contributed by atoms with van der Waals surface area (Å²) in [6.07, 6.45) is 5.36. The van der Waals surface area contributed by atoms with Gasteiger partial charge in [-0.05, 0) is 42.9 Å². The standard InChI is InChI=1S/C20H26N4O/c1-14(2)17-9-4-7-15(3)18(17)23-19(25)16-8-5-12-24(13-16)20-21-10-6-11-22-20/h4,6-7,9-11,14,16H,5,8,12-13H2,1-3H3,(H,23,25). The molecule has 25 heavy (non-hydrogen) atoms. The van der Waals surface area contributed by atoms with Crippen molar-refractivity contribution in [3.63, 3.8) is 0 Å². The van der Waals surface area contributed by atoms with E-state index in [9.17, 15) is 4.79 Å². The first-order chi connectivity index (χ1) is 12.1. The Balaban J connectivity index is 1.74. The number of para-hydroxylation sites is 1. The van der Waals surface area contributed by atoms with E-state index in [0.29, 0.717) is 18.4 Å². The Labute approximate surface area is 149 Å². The fourth-order valence-corrected chi connectivity index (χ4v) is 3.39. The summed E-state index contributed by atoms with van der Waals surface area (Å²) in [5.41, 5.74) is 3.27. The second kappa shape index (κ2) is 7.64. The van der Waals surface area contributed by atoms with E-state index < -0.39 is 0 Å². The van der Waals surface area contributed by atoms with Crippen LogP contribution in [0.5, 0.6) is 0 Å². The lowest BCUT2D eigenvalue weighted by Gasteiger charge is -2.32. The number of nitrogens with one attached hydrogen (secondary N) is 1. The van der Waals surface area contributed by atoms with Crippen LogP contribution in [0.3, 0.4) is 0 Å². The monoisotopic (exact) mass is 338 g/mol. The third-order valence-corrected chi connectivity index (χ3v) is 4.80. The summed E-state index contributed by atoms with van der Waals surface area (Å²) in [5, 5.41) is 3.20. The van der Waals surface area contributed by atoms with Gasteiger partial charge in [0.15, 0.2) is 0 Å². The fourth-order valence-electron chi connectivity index (χ4n) is 3.39. The predicted molar refractivity (Wildman–Crippen MR) is 101 cm³/mol. The molecule has 1 saturated heterocycles. The van der Waals surface area contributed by atoms with Crippen molar-refractivity contribution >= 4 is 17.5 Å². The van der Waals surface area contributed by atoms with E-state index in [1.54, 1.807) is 12.4 Å². The third kappa shape index (κ3) is 3.98. The molecule has 0 bridgehead atoms. The zero-order chi connectivity index (χ0) is 17.8. The Bertz CT molecular complexity index is 730. The summed E-state index contributed by atoms with van der Waals surface area (Å²) in [7, 11) is 0. The Kier molecular flexibility index (Phi) is 5.31. The minimum Gasteiger partial charge on any atom is -0.340 e. The summed E-state index contributed by atoms with van der Waals surface area (Å²) < 4.78 is 0. The first kappa shape index (κ1) is 17.4. The van der Waals surface area contributed by atoms with E-state index in [4.69, 9.17) is 0 Å². The van der Waals surface area contributed by atoms with Gasteiger partial charge in [-0.3, -0.25) is 4.79 Å². The Morgan fingerprint density at radius 2 is 2.00 bits per heavy atom. The minimum absolute atomic E-state index is 0.0443. The number of aryl methyl sites for hydroxylation is 1. The van der Waals surface area contributed by atoms with Gasteiger partial charge >= 0.3 is 0 Å². The van der Waals surface area contributed by atoms with Crippen molar-refractivity contribution in [2.24, 2.45) is 5.92 Å². The van der Waals surface area contributed by atoms with E-state index >= 15 is 0 Å². The summed E-state index contributed by atoms with van der Waals surface area (Å²) in [5.74, 6) is 1.13. The maximum Gasteiger partial charge on any atom is 0.229 e. The Morgan fingerprint density at radius 3 is 2.72 bits per heavy atom. The van der Waals surface area contributed by atoms with Crippen molar-refractivity contribution in [3.05, 3.63) is 47.8 Å². The number of carbonyl (C=O) groups excluding carboxylic acids is 1. The number of hydrogen-bond donors (Lipinski definition) is 1. The van der Waals surface area contributed by atoms with Gasteiger partial charge in [0.2, 0.25) is 11.9 Å². The second-order valence-corrected chi connectivity index (χ2v) is 7.02. The van der Waals surface area contributed by atoms with E-state index in [1.165, 1.54) is 5.56 Å². The fraction of sp³-hybridized carbons (Fsp3) is 0.450. The van der Waals surface area contributed by atoms with Crippen LogP contribution < -0.4 is 10.2 Å². The van der Waals surface area contributed by atoms with Crippen LogP contribution >= 0.6 is 0 Å². The number of rotatable bonds is 4. The van der Waals surface area contributed by atoms with Gasteiger partial charge in [0.25, 0.3) is 0 Å². The molecule has 1 aliphatic rings. The van der Waals surface area contributed by atoms with Gasteiger partial charge in [0.05, 0.1) is 5.92 Å². The molecule has 1 aliphatic heterocycles. The second-order valence-electron chi connectivity index (χ2n) is 7.02. The summed E-state index contributed by atoms with van der Waals surface area (Å²) >= 11 is 0. The lowest BCUT2D eigenvalue weighted by Crippen LogP contribution is -2.41. The zero-order valence-electron chi connectivity index (χ0n) is 15.2. The summed E-state index contributed by atoms with van der Waals surface area (Å²) in [6, 6.07) is 8.00. The van der Waals surface area contributed by atoms with E-state index in [2.05, 4.69) is 46.2 Å². The molecule has 1 fully saturated rings. The Hall–Kier alpha value is -2.43. The number of nitrogens with zero attached hydrogens (tertiary/aromatic N) is 3. The lowest BCUT2D eigenvalue weighted by atomic mass is 9.95. The van der Waals surface area contributed by atoms with Crippen LogP contribution in [0.25, 0.3) is 0 Å². The van der Waals surface area contributed by atoms with Crippen molar-refractivity contribution in [3.8, 4) is 0 Å².